The highest BCUT2D eigenvalue weighted by atomic mass is 14.7. The summed E-state index contributed by atoms with van der Waals surface area (Å²) in [6, 6.07) is 32.7. The minimum atomic E-state index is 0.284. The minimum absolute atomic E-state index is 0.284. The van der Waals surface area contributed by atoms with Crippen molar-refractivity contribution in [3.05, 3.63) is 181 Å². The first-order valence-corrected chi connectivity index (χ1v) is 15.2. The number of benzene rings is 4. The van der Waals surface area contributed by atoms with Crippen LogP contribution in [0.3, 0.4) is 0 Å². The van der Waals surface area contributed by atoms with E-state index in [1.54, 1.807) is 0 Å². The second-order valence-electron chi connectivity index (χ2n) is 10.9. The van der Waals surface area contributed by atoms with Gasteiger partial charge in [-0.05, 0) is 81.6 Å². The van der Waals surface area contributed by atoms with Gasteiger partial charge in [0, 0.05) is 17.7 Å². The van der Waals surface area contributed by atoms with Gasteiger partial charge in [-0.3, -0.25) is 4.98 Å². The van der Waals surface area contributed by atoms with Crippen LogP contribution in [0.2, 0.25) is 0 Å². The molecule has 0 spiro atoms. The van der Waals surface area contributed by atoms with E-state index in [1.807, 2.05) is 18.3 Å². The van der Waals surface area contributed by atoms with Gasteiger partial charge in [0.15, 0.2) is 0 Å². The zero-order valence-corrected chi connectivity index (χ0v) is 24.6. The second-order valence-corrected chi connectivity index (χ2v) is 10.9. The summed E-state index contributed by atoms with van der Waals surface area (Å²) in [5.41, 5.74) is 7.42. The van der Waals surface area contributed by atoms with E-state index in [4.69, 9.17) is 0 Å². The van der Waals surface area contributed by atoms with Crippen LogP contribution in [-0.2, 0) is 6.42 Å². The molecule has 1 aliphatic carbocycles. The second kappa shape index (κ2) is 13.8. The van der Waals surface area contributed by atoms with Crippen LogP contribution >= 0.6 is 0 Å². The van der Waals surface area contributed by atoms with E-state index < -0.39 is 0 Å². The molecule has 0 saturated carbocycles. The van der Waals surface area contributed by atoms with Gasteiger partial charge in [-0.15, -0.1) is 6.58 Å². The molecule has 1 nitrogen and oxygen atoms in total. The topological polar surface area (TPSA) is 12.9 Å². The molecular formula is C42H37N. The van der Waals surface area contributed by atoms with E-state index in [9.17, 15) is 0 Å². The number of nitrogens with zero attached hydrogens (tertiary/aromatic N) is 1. The Labute approximate surface area is 255 Å². The molecule has 1 aliphatic rings. The molecule has 5 aromatic rings. The third kappa shape index (κ3) is 6.42. The molecule has 0 N–H and O–H groups in total. The van der Waals surface area contributed by atoms with Gasteiger partial charge in [-0.1, -0.05) is 140 Å². The van der Waals surface area contributed by atoms with Gasteiger partial charge in [-0.25, -0.2) is 0 Å². The minimum Gasteiger partial charge on any atom is -0.256 e. The summed E-state index contributed by atoms with van der Waals surface area (Å²) >= 11 is 0. The first-order valence-electron chi connectivity index (χ1n) is 15.2. The summed E-state index contributed by atoms with van der Waals surface area (Å²) < 4.78 is 0. The normalized spacial score (nSPS) is 15.3. The summed E-state index contributed by atoms with van der Waals surface area (Å²) in [6.45, 7) is 3.76. The average molecular weight is 556 g/mol. The molecule has 1 atom stereocenters. The molecule has 210 valence electrons. The fraction of sp³-hybridized carbons (Fsp3) is 0.119. The van der Waals surface area contributed by atoms with Crippen LogP contribution in [0.5, 0.6) is 0 Å². The average Bonchev–Trinajstić information content (AvgIpc) is 3.07. The van der Waals surface area contributed by atoms with Crippen molar-refractivity contribution in [3.63, 3.8) is 0 Å². The maximum atomic E-state index is 4.66. The summed E-state index contributed by atoms with van der Waals surface area (Å²) in [6.07, 6.45) is 27.8. The Morgan fingerprint density at radius 1 is 0.698 bits per heavy atom. The monoisotopic (exact) mass is 555 g/mol. The van der Waals surface area contributed by atoms with Crippen LogP contribution in [-0.4, -0.2) is 4.98 Å². The number of pyridine rings is 1. The van der Waals surface area contributed by atoms with Gasteiger partial charge < -0.3 is 0 Å². The predicted molar refractivity (Wildman–Crippen MR) is 186 cm³/mol. The van der Waals surface area contributed by atoms with E-state index in [-0.39, 0.29) is 5.92 Å². The summed E-state index contributed by atoms with van der Waals surface area (Å²) in [5.74, 6) is 0.284. The molecule has 4 aromatic carbocycles. The highest BCUT2D eigenvalue weighted by Crippen LogP contribution is 2.42. The van der Waals surface area contributed by atoms with Crippen LogP contribution in [0, 0.1) is 0 Å². The van der Waals surface area contributed by atoms with Gasteiger partial charge >= 0.3 is 0 Å². The Kier molecular flexibility index (Phi) is 9.01. The summed E-state index contributed by atoms with van der Waals surface area (Å²) in [7, 11) is 0. The molecule has 0 fully saturated rings. The summed E-state index contributed by atoms with van der Waals surface area (Å²) in [4.78, 5) is 4.66. The first kappa shape index (κ1) is 28.1. The molecule has 1 unspecified atom stereocenters. The highest BCUT2D eigenvalue weighted by Gasteiger charge is 2.21. The molecule has 1 aromatic heterocycles. The molecule has 0 amide bonds. The molecule has 1 heterocycles. The van der Waals surface area contributed by atoms with Crippen molar-refractivity contribution in [1.82, 2.24) is 4.98 Å². The maximum absolute atomic E-state index is 4.66. The Hall–Kier alpha value is -5.01. The summed E-state index contributed by atoms with van der Waals surface area (Å²) in [5, 5.41) is 5.41. The maximum Gasteiger partial charge on any atom is 0.0708 e. The lowest BCUT2D eigenvalue weighted by atomic mass is 9.80. The fourth-order valence-electron chi connectivity index (χ4n) is 6.11. The number of aromatic nitrogens is 1. The molecule has 0 aliphatic heterocycles. The van der Waals surface area contributed by atoms with Crippen molar-refractivity contribution in [2.75, 3.05) is 0 Å². The lowest BCUT2D eigenvalue weighted by molar-refractivity contribution is 0.873. The zero-order valence-electron chi connectivity index (χ0n) is 24.6. The van der Waals surface area contributed by atoms with E-state index >= 15 is 0 Å². The third-order valence-corrected chi connectivity index (χ3v) is 8.13. The van der Waals surface area contributed by atoms with E-state index in [0.717, 1.165) is 36.9 Å². The Morgan fingerprint density at radius 3 is 2.09 bits per heavy atom. The SMILES string of the molecule is C=CC/C=C\C=C/C/C=C\Cc1c2ccccc2c(C2C=C(c3ccnc(-c4ccccc4)c3)C=CC2)c2ccccc12. The highest BCUT2D eigenvalue weighted by molar-refractivity contribution is 6.06. The molecule has 0 radical (unpaired) electrons. The van der Waals surface area contributed by atoms with Gasteiger partial charge in [0.05, 0.1) is 5.69 Å². The lowest BCUT2D eigenvalue weighted by Gasteiger charge is -2.23. The van der Waals surface area contributed by atoms with Crippen molar-refractivity contribution >= 4 is 27.1 Å². The Morgan fingerprint density at radius 2 is 1.37 bits per heavy atom. The predicted octanol–water partition coefficient (Wildman–Crippen LogP) is 11.4. The van der Waals surface area contributed by atoms with Gasteiger partial charge in [0.1, 0.15) is 0 Å². The van der Waals surface area contributed by atoms with Crippen LogP contribution in [0.4, 0.5) is 0 Å². The lowest BCUT2D eigenvalue weighted by Crippen LogP contribution is -2.03. The molecule has 0 bridgehead atoms. The van der Waals surface area contributed by atoms with Crippen LogP contribution in [0.1, 0.15) is 41.9 Å². The van der Waals surface area contributed by atoms with Gasteiger partial charge in [-0.2, -0.15) is 0 Å². The molecule has 0 saturated heterocycles. The number of rotatable bonds is 10. The number of hydrogen-bond acceptors (Lipinski definition) is 1. The quantitative estimate of drug-likeness (QED) is 0.0949. The standard InChI is InChI=1S/C42H37N/c1-2-3-4-5-6-7-8-9-13-23-36-37-24-14-16-26-39(37)42(40-27-17-15-25-38(36)40)35-22-18-21-33(30-35)34-28-29-43-41(31-34)32-19-11-10-12-20-32/h2,4-7,9-21,24-31,35H,1,3,8,22-23H2/b5-4-,7-6-,13-9-. The largest absolute Gasteiger partial charge is 0.256 e. The van der Waals surface area contributed by atoms with Gasteiger partial charge in [0.25, 0.3) is 0 Å². The first-order chi connectivity index (χ1) is 21.3. The van der Waals surface area contributed by atoms with Crippen LogP contribution in [0.15, 0.2) is 165 Å². The van der Waals surface area contributed by atoms with Crippen molar-refractivity contribution in [2.24, 2.45) is 0 Å². The van der Waals surface area contributed by atoms with E-state index in [1.165, 1.54) is 43.8 Å². The van der Waals surface area contributed by atoms with Crippen molar-refractivity contribution in [3.8, 4) is 11.3 Å². The van der Waals surface area contributed by atoms with E-state index in [0.29, 0.717) is 0 Å². The van der Waals surface area contributed by atoms with Crippen molar-refractivity contribution < 1.29 is 0 Å². The smallest absolute Gasteiger partial charge is 0.0708 e. The van der Waals surface area contributed by atoms with Crippen molar-refractivity contribution in [2.45, 2.75) is 31.6 Å². The Bertz CT molecular complexity index is 1820. The number of hydrogen-bond donors (Lipinski definition) is 0. The van der Waals surface area contributed by atoms with Gasteiger partial charge in [0.2, 0.25) is 0 Å². The molecular weight excluding hydrogens is 518 g/mol. The molecule has 6 rings (SSSR count). The third-order valence-electron chi connectivity index (χ3n) is 8.13. The van der Waals surface area contributed by atoms with E-state index in [2.05, 4.69) is 151 Å². The van der Waals surface area contributed by atoms with Crippen LogP contribution in [0.25, 0.3) is 38.4 Å². The Balaban J connectivity index is 1.35. The molecule has 1 heteroatoms. The zero-order chi connectivity index (χ0) is 29.3. The number of allylic oxidation sites excluding steroid dienone is 11. The van der Waals surface area contributed by atoms with Crippen molar-refractivity contribution in [1.29, 1.82) is 0 Å². The number of fused-ring (bicyclic) bond motifs is 2. The fourth-order valence-corrected chi connectivity index (χ4v) is 6.11. The molecule has 43 heavy (non-hydrogen) atoms. The van der Waals surface area contributed by atoms with Crippen LogP contribution < -0.4 is 0 Å².